The number of hydrogen-bond donors (Lipinski definition) is 0. The Balaban J connectivity index is 1.58. The van der Waals surface area contributed by atoms with Gasteiger partial charge in [0, 0.05) is 19.1 Å². The Hall–Kier alpha value is -2.18. The van der Waals surface area contributed by atoms with Crippen LogP contribution in [-0.2, 0) is 4.79 Å². The van der Waals surface area contributed by atoms with Gasteiger partial charge in [-0.3, -0.25) is 4.79 Å². The van der Waals surface area contributed by atoms with Crippen LogP contribution in [0.3, 0.4) is 0 Å². The molecule has 0 aromatic carbocycles. The largest absolute Gasteiger partial charge is 0.357 e. The number of fused-ring (bicyclic) bond motifs is 1. The Kier molecular flexibility index (Phi) is 4.31. The van der Waals surface area contributed by atoms with E-state index in [2.05, 4.69) is 45.0 Å². The zero-order valence-corrected chi connectivity index (χ0v) is 15.1. The molecule has 4 rings (SSSR count). The first-order valence-corrected chi connectivity index (χ1v) is 9.39. The van der Waals surface area contributed by atoms with Crippen molar-refractivity contribution >= 4 is 17.2 Å². The first kappa shape index (κ1) is 16.3. The maximum absolute atomic E-state index is 12.8. The van der Waals surface area contributed by atoms with Crippen molar-refractivity contribution in [2.24, 2.45) is 0 Å². The second-order valence-electron chi connectivity index (χ2n) is 7.51. The molecule has 25 heavy (non-hydrogen) atoms. The van der Waals surface area contributed by atoms with Crippen LogP contribution >= 0.6 is 0 Å². The van der Waals surface area contributed by atoms with Crippen LogP contribution in [0.4, 0.5) is 5.69 Å². The van der Waals surface area contributed by atoms with Gasteiger partial charge >= 0.3 is 0 Å². The molecule has 0 radical (unpaired) electrons. The van der Waals surface area contributed by atoms with Gasteiger partial charge in [-0.05, 0) is 24.8 Å². The highest BCUT2D eigenvalue weighted by molar-refractivity contribution is 5.85. The van der Waals surface area contributed by atoms with Gasteiger partial charge in [0.05, 0.1) is 17.9 Å². The molecule has 0 unspecified atom stereocenters. The summed E-state index contributed by atoms with van der Waals surface area (Å²) in [5.74, 6) is 0.545. The van der Waals surface area contributed by atoms with Gasteiger partial charge in [0.15, 0.2) is 0 Å². The van der Waals surface area contributed by atoms with Crippen LogP contribution in [0.25, 0.3) is 5.65 Å². The van der Waals surface area contributed by atoms with Crippen molar-refractivity contribution in [3.8, 4) is 0 Å². The summed E-state index contributed by atoms with van der Waals surface area (Å²) in [7, 11) is 0. The van der Waals surface area contributed by atoms with Crippen molar-refractivity contribution in [1.82, 2.24) is 24.7 Å². The maximum atomic E-state index is 12.8. The van der Waals surface area contributed by atoms with E-state index < -0.39 is 0 Å². The maximum Gasteiger partial charge on any atom is 0.242 e. The molecule has 1 amide bonds. The molecule has 2 aromatic heterocycles. The van der Waals surface area contributed by atoms with Crippen molar-refractivity contribution in [3.05, 3.63) is 18.1 Å². The summed E-state index contributed by atoms with van der Waals surface area (Å²) in [5.41, 5.74) is 2.68. The van der Waals surface area contributed by atoms with Crippen molar-refractivity contribution in [2.45, 2.75) is 57.9 Å². The summed E-state index contributed by atoms with van der Waals surface area (Å²) in [4.78, 5) is 17.0. The van der Waals surface area contributed by atoms with Crippen molar-refractivity contribution < 1.29 is 4.79 Å². The van der Waals surface area contributed by atoms with Gasteiger partial charge in [-0.15, -0.1) is 10.2 Å². The minimum Gasteiger partial charge on any atom is -0.357 e. The van der Waals surface area contributed by atoms with Gasteiger partial charge in [-0.25, -0.2) is 0 Å². The number of carbonyl (C=O) groups excluding carboxylic acids is 1. The first-order valence-electron chi connectivity index (χ1n) is 9.39. The zero-order chi connectivity index (χ0) is 17.4. The third-order valence-electron chi connectivity index (χ3n) is 5.47. The summed E-state index contributed by atoms with van der Waals surface area (Å²) < 4.78 is 1.72. The van der Waals surface area contributed by atoms with Crippen molar-refractivity contribution in [2.75, 3.05) is 24.5 Å². The van der Waals surface area contributed by atoms with E-state index in [1.165, 1.54) is 19.3 Å². The highest BCUT2D eigenvalue weighted by Crippen LogP contribution is 2.28. The van der Waals surface area contributed by atoms with Crippen molar-refractivity contribution in [3.63, 3.8) is 0 Å². The van der Waals surface area contributed by atoms with E-state index in [1.807, 2.05) is 0 Å². The molecular formula is C18H26N6O. The molecule has 134 valence electrons. The predicted molar refractivity (Wildman–Crippen MR) is 95.7 cm³/mol. The van der Waals surface area contributed by atoms with Crippen LogP contribution in [0, 0.1) is 0 Å². The summed E-state index contributed by atoms with van der Waals surface area (Å²) in [6.45, 7) is 6.29. The number of hydrogen-bond acceptors (Lipinski definition) is 5. The van der Waals surface area contributed by atoms with E-state index in [1.54, 1.807) is 10.8 Å². The third kappa shape index (κ3) is 3.07. The highest BCUT2D eigenvalue weighted by Gasteiger charge is 2.31. The number of aromatic nitrogens is 4. The average molecular weight is 342 g/mol. The molecule has 0 spiro atoms. The van der Waals surface area contributed by atoms with Crippen LogP contribution < -0.4 is 4.90 Å². The molecule has 7 nitrogen and oxygen atoms in total. The Labute approximate surface area is 148 Å². The van der Waals surface area contributed by atoms with Gasteiger partial charge in [-0.1, -0.05) is 33.1 Å². The third-order valence-corrected chi connectivity index (χ3v) is 5.47. The van der Waals surface area contributed by atoms with Crippen LogP contribution in [-0.4, -0.2) is 56.3 Å². The smallest absolute Gasteiger partial charge is 0.242 e. The van der Waals surface area contributed by atoms with Crippen LogP contribution in [0.1, 0.15) is 57.6 Å². The van der Waals surface area contributed by atoms with E-state index in [4.69, 9.17) is 0 Å². The predicted octanol–water partition coefficient (Wildman–Crippen LogP) is 2.23. The normalized spacial score (nSPS) is 20.0. The summed E-state index contributed by atoms with van der Waals surface area (Å²) in [5, 5.41) is 12.8. The summed E-state index contributed by atoms with van der Waals surface area (Å²) >= 11 is 0. The molecule has 1 aliphatic heterocycles. The molecular weight excluding hydrogens is 316 g/mol. The van der Waals surface area contributed by atoms with Crippen LogP contribution in [0.15, 0.2) is 12.4 Å². The molecule has 0 N–H and O–H groups in total. The lowest BCUT2D eigenvalue weighted by atomic mass is 9.93. The monoisotopic (exact) mass is 342 g/mol. The summed E-state index contributed by atoms with van der Waals surface area (Å²) in [6, 6.07) is 2.51. The first-order chi connectivity index (χ1) is 12.1. The van der Waals surface area contributed by atoms with E-state index in [0.29, 0.717) is 18.5 Å². The molecule has 1 saturated carbocycles. The molecule has 7 heteroatoms. The Bertz CT molecular complexity index is 764. The molecule has 2 aliphatic rings. The minimum absolute atomic E-state index is 0.235. The van der Waals surface area contributed by atoms with E-state index in [9.17, 15) is 4.79 Å². The number of carbonyl (C=O) groups is 1. The fraction of sp³-hybridized carbons (Fsp3) is 0.667. The van der Waals surface area contributed by atoms with Crippen LogP contribution in [0.5, 0.6) is 0 Å². The number of amides is 1. The lowest BCUT2D eigenvalue weighted by molar-refractivity contribution is -0.134. The second kappa shape index (κ2) is 6.61. The number of anilines is 1. The SMILES string of the molecule is CC(C)c1cc(N2CCN(C3CCCCC3)C(=O)C2)c2nncn2n1. The topological polar surface area (TPSA) is 66.6 Å². The number of piperazine rings is 1. The lowest BCUT2D eigenvalue weighted by Crippen LogP contribution is -2.54. The second-order valence-corrected chi connectivity index (χ2v) is 7.51. The van der Waals surface area contributed by atoms with E-state index >= 15 is 0 Å². The number of nitrogens with zero attached hydrogens (tertiary/aromatic N) is 6. The van der Waals surface area contributed by atoms with Gasteiger partial charge in [-0.2, -0.15) is 9.61 Å². The summed E-state index contributed by atoms with van der Waals surface area (Å²) in [6.07, 6.45) is 7.76. The average Bonchev–Trinajstić information content (AvgIpc) is 3.10. The Morgan fingerprint density at radius 3 is 2.68 bits per heavy atom. The fourth-order valence-corrected chi connectivity index (χ4v) is 4.02. The molecule has 2 aromatic rings. The van der Waals surface area contributed by atoms with Crippen molar-refractivity contribution in [1.29, 1.82) is 0 Å². The Morgan fingerprint density at radius 1 is 1.16 bits per heavy atom. The van der Waals surface area contributed by atoms with Gasteiger partial charge < -0.3 is 9.80 Å². The van der Waals surface area contributed by atoms with Gasteiger partial charge in [0.25, 0.3) is 0 Å². The molecule has 1 saturated heterocycles. The highest BCUT2D eigenvalue weighted by atomic mass is 16.2. The quantitative estimate of drug-likeness (QED) is 0.856. The fourth-order valence-electron chi connectivity index (χ4n) is 4.02. The Morgan fingerprint density at radius 2 is 1.96 bits per heavy atom. The van der Waals surface area contributed by atoms with E-state index in [0.717, 1.165) is 43.0 Å². The van der Waals surface area contributed by atoms with Crippen LogP contribution in [0.2, 0.25) is 0 Å². The molecule has 0 bridgehead atoms. The molecule has 1 aliphatic carbocycles. The molecule has 0 atom stereocenters. The number of rotatable bonds is 3. The van der Waals surface area contributed by atoms with Gasteiger partial charge in [0.1, 0.15) is 6.33 Å². The molecule has 2 fully saturated rings. The minimum atomic E-state index is 0.235. The zero-order valence-electron chi connectivity index (χ0n) is 15.1. The van der Waals surface area contributed by atoms with Gasteiger partial charge in [0.2, 0.25) is 11.6 Å². The van der Waals surface area contributed by atoms with E-state index in [-0.39, 0.29) is 5.91 Å². The molecule has 3 heterocycles. The standard InChI is InChI=1S/C18H26N6O/c1-13(2)15-10-16(18-20-19-12-24(18)21-15)22-8-9-23(17(25)11-22)14-6-4-3-5-7-14/h10,12-14H,3-9,11H2,1-2H3. The lowest BCUT2D eigenvalue weighted by Gasteiger charge is -2.41.